The Hall–Kier alpha value is -3.73. The molecule has 2 aromatic rings. The Morgan fingerprint density at radius 1 is 1.16 bits per heavy atom. The van der Waals surface area contributed by atoms with Gasteiger partial charge in [0.15, 0.2) is 0 Å². The third kappa shape index (κ3) is 6.77. The zero-order valence-corrected chi connectivity index (χ0v) is 23.3. The molecule has 2 atom stereocenters. The van der Waals surface area contributed by atoms with E-state index in [-0.39, 0.29) is 0 Å². The number of nitrogens with one attached hydrogen (secondary N) is 2. The Morgan fingerprint density at radius 3 is 2.71 bits per heavy atom. The summed E-state index contributed by atoms with van der Waals surface area (Å²) in [7, 11) is 0. The highest BCUT2D eigenvalue weighted by Gasteiger charge is 2.36. The summed E-state index contributed by atoms with van der Waals surface area (Å²) in [4.78, 5) is 9.39. The van der Waals surface area contributed by atoms with E-state index in [1.165, 1.54) is 35.4 Å². The second-order valence-corrected chi connectivity index (χ2v) is 10.6. The van der Waals surface area contributed by atoms with Gasteiger partial charge in [0.1, 0.15) is 11.6 Å². The highest BCUT2D eigenvalue weighted by atomic mass is 15.4. The van der Waals surface area contributed by atoms with Crippen molar-refractivity contribution < 1.29 is 0 Å². The number of hydrogen-bond donors (Lipinski definition) is 2. The number of fused-ring (bicyclic) bond motifs is 2. The van der Waals surface area contributed by atoms with E-state index in [9.17, 15) is 0 Å². The van der Waals surface area contributed by atoms with Gasteiger partial charge in [0.05, 0.1) is 11.7 Å². The molecule has 2 bridgehead atoms. The molecule has 2 unspecified atom stereocenters. The van der Waals surface area contributed by atoms with Gasteiger partial charge in [-0.3, -0.25) is 0 Å². The zero-order chi connectivity index (χ0) is 27.1. The zero-order valence-electron chi connectivity index (χ0n) is 23.3. The number of anilines is 1. The molecule has 1 fully saturated rings. The van der Waals surface area contributed by atoms with E-state index < -0.39 is 0 Å². The summed E-state index contributed by atoms with van der Waals surface area (Å²) in [5.41, 5.74) is 6.64. The van der Waals surface area contributed by atoms with E-state index in [0.717, 1.165) is 61.3 Å². The fourth-order valence-corrected chi connectivity index (χ4v) is 5.17. The summed E-state index contributed by atoms with van der Waals surface area (Å²) in [5, 5.41) is 6.90. The summed E-state index contributed by atoms with van der Waals surface area (Å²) < 4.78 is 0. The first-order chi connectivity index (χ1) is 18.4. The Morgan fingerprint density at radius 2 is 1.95 bits per heavy atom. The summed E-state index contributed by atoms with van der Waals surface area (Å²) in [5.74, 6) is 2.47. The van der Waals surface area contributed by atoms with Gasteiger partial charge in [-0.2, -0.15) is 0 Å². The van der Waals surface area contributed by atoms with Crippen LogP contribution in [0.1, 0.15) is 51.2 Å². The van der Waals surface area contributed by atoms with Gasteiger partial charge < -0.3 is 20.4 Å². The lowest BCUT2D eigenvalue weighted by Crippen LogP contribution is -2.42. The van der Waals surface area contributed by atoms with E-state index in [2.05, 4.69) is 102 Å². The van der Waals surface area contributed by atoms with E-state index in [0.29, 0.717) is 6.04 Å². The van der Waals surface area contributed by atoms with Gasteiger partial charge in [0.25, 0.3) is 0 Å². The van der Waals surface area contributed by atoms with Crippen molar-refractivity contribution in [1.82, 2.24) is 20.1 Å². The topological polar surface area (TPSA) is 43.4 Å². The number of pyridine rings is 1. The van der Waals surface area contributed by atoms with Crippen molar-refractivity contribution >= 4 is 5.82 Å². The molecule has 1 aromatic carbocycles. The molecule has 2 N–H and O–H groups in total. The van der Waals surface area contributed by atoms with Gasteiger partial charge in [-0.05, 0) is 67.0 Å². The number of nitrogens with zero attached hydrogens (tertiary/aromatic N) is 3. The van der Waals surface area contributed by atoms with E-state index >= 15 is 0 Å². The maximum atomic E-state index is 4.58. The Labute approximate surface area is 229 Å². The molecule has 3 heterocycles. The third-order valence-corrected chi connectivity index (χ3v) is 7.79. The number of benzene rings is 1. The summed E-state index contributed by atoms with van der Waals surface area (Å²) in [6.07, 6.45) is 10.7. The summed E-state index contributed by atoms with van der Waals surface area (Å²) in [6.45, 7) is 22.4. The third-order valence-electron chi connectivity index (χ3n) is 7.79. The molecule has 38 heavy (non-hydrogen) atoms. The van der Waals surface area contributed by atoms with Crippen molar-refractivity contribution in [3.8, 4) is 0 Å². The standard InChI is InChI=1S/C33H43N5/c1-7-24(2)13-15-29-17-19-34-33(21-29)36-28(6)38-27(5)32(37-20-18-31(38)23-37)16-14-25(3)26(4)35-22-30-11-9-8-10-12-30/h8-12,14,16-17,19,21,24,31,35H,3-4,6-7,13,15,18,20,22-23H2,1-2,5H3,(H,34,36)/b16-14-. The normalized spacial score (nSPS) is 17.6. The lowest BCUT2D eigenvalue weighted by molar-refractivity contribution is 0.269. The van der Waals surface area contributed by atoms with Crippen molar-refractivity contribution in [2.45, 2.75) is 59.0 Å². The molecule has 0 amide bonds. The summed E-state index contributed by atoms with van der Waals surface area (Å²) in [6, 6.07) is 15.0. The second-order valence-electron chi connectivity index (χ2n) is 10.6. The first-order valence-electron chi connectivity index (χ1n) is 13.9. The number of aryl methyl sites for hydroxylation is 1. The molecule has 0 radical (unpaired) electrons. The van der Waals surface area contributed by atoms with Crippen LogP contribution >= 0.6 is 0 Å². The molecule has 2 aliphatic rings. The SMILES string of the molecule is C=C(/C=C\C1=C(C)N(C(=C)Nc2cc(CCC(C)CC)ccn2)C2CCN1C2)C(=C)NCc1ccccc1. The molecule has 0 aliphatic carbocycles. The molecule has 4 rings (SSSR count). The van der Waals surface area contributed by atoms with Crippen LogP contribution < -0.4 is 10.6 Å². The lowest BCUT2D eigenvalue weighted by atomic mass is 9.99. The smallest absolute Gasteiger partial charge is 0.131 e. The minimum Gasteiger partial charge on any atom is -0.381 e. The average molecular weight is 510 g/mol. The Bertz CT molecular complexity index is 1210. The van der Waals surface area contributed by atoms with Crippen LogP contribution in [-0.2, 0) is 13.0 Å². The molecule has 1 saturated heterocycles. The molecule has 5 heteroatoms. The van der Waals surface area contributed by atoms with Gasteiger partial charge in [0.2, 0.25) is 0 Å². The molecule has 0 saturated carbocycles. The van der Waals surface area contributed by atoms with Crippen molar-refractivity contribution in [2.75, 3.05) is 18.4 Å². The fourth-order valence-electron chi connectivity index (χ4n) is 5.17. The van der Waals surface area contributed by atoms with Crippen LogP contribution in [0.5, 0.6) is 0 Å². The lowest BCUT2D eigenvalue weighted by Gasteiger charge is -2.39. The number of rotatable bonds is 13. The minimum absolute atomic E-state index is 0.409. The van der Waals surface area contributed by atoms with Crippen LogP contribution in [0.15, 0.2) is 109 Å². The van der Waals surface area contributed by atoms with Crippen LogP contribution in [-0.4, -0.2) is 33.9 Å². The fraction of sp³-hybridized carbons (Fsp3) is 0.364. The maximum absolute atomic E-state index is 4.58. The molecule has 200 valence electrons. The largest absolute Gasteiger partial charge is 0.381 e. The van der Waals surface area contributed by atoms with Crippen LogP contribution in [0.3, 0.4) is 0 Å². The van der Waals surface area contributed by atoms with Crippen molar-refractivity contribution in [2.24, 2.45) is 5.92 Å². The first kappa shape index (κ1) is 27.3. The quantitative estimate of drug-likeness (QED) is 0.285. The van der Waals surface area contributed by atoms with Gasteiger partial charge >= 0.3 is 0 Å². The Balaban J connectivity index is 1.42. The number of allylic oxidation sites excluding steroid dienone is 3. The highest BCUT2D eigenvalue weighted by molar-refractivity contribution is 5.45. The molecule has 5 nitrogen and oxygen atoms in total. The first-order valence-corrected chi connectivity index (χ1v) is 13.9. The molecule has 1 aromatic heterocycles. The predicted molar refractivity (Wildman–Crippen MR) is 160 cm³/mol. The monoisotopic (exact) mass is 509 g/mol. The number of hydrogen-bond acceptors (Lipinski definition) is 5. The van der Waals surface area contributed by atoms with Crippen molar-refractivity contribution in [1.29, 1.82) is 0 Å². The van der Waals surface area contributed by atoms with Crippen molar-refractivity contribution in [3.05, 3.63) is 120 Å². The van der Waals surface area contributed by atoms with Gasteiger partial charge in [-0.15, -0.1) is 0 Å². The minimum atomic E-state index is 0.409. The summed E-state index contributed by atoms with van der Waals surface area (Å²) >= 11 is 0. The second kappa shape index (κ2) is 12.7. The van der Waals surface area contributed by atoms with Gasteiger partial charge in [-0.25, -0.2) is 4.98 Å². The van der Waals surface area contributed by atoms with Gasteiger partial charge in [0, 0.05) is 37.2 Å². The van der Waals surface area contributed by atoms with Crippen LogP contribution in [0.25, 0.3) is 0 Å². The van der Waals surface area contributed by atoms with E-state index in [4.69, 9.17) is 0 Å². The van der Waals surface area contributed by atoms with E-state index in [1.54, 1.807) is 0 Å². The molecule has 2 aliphatic heterocycles. The van der Waals surface area contributed by atoms with Crippen LogP contribution in [0, 0.1) is 5.92 Å². The van der Waals surface area contributed by atoms with Crippen molar-refractivity contribution in [3.63, 3.8) is 0 Å². The Kier molecular flexibility index (Phi) is 9.11. The molecular weight excluding hydrogens is 466 g/mol. The van der Waals surface area contributed by atoms with Gasteiger partial charge in [-0.1, -0.05) is 76.4 Å². The maximum Gasteiger partial charge on any atom is 0.131 e. The average Bonchev–Trinajstić information content (AvgIpc) is 3.35. The van der Waals surface area contributed by atoms with E-state index in [1.807, 2.05) is 24.4 Å². The molecular formula is C33H43N5. The predicted octanol–water partition coefficient (Wildman–Crippen LogP) is 6.98. The van der Waals surface area contributed by atoms with Crippen LogP contribution in [0.2, 0.25) is 0 Å². The highest BCUT2D eigenvalue weighted by Crippen LogP contribution is 2.35. The van der Waals surface area contributed by atoms with Crippen LogP contribution in [0.4, 0.5) is 5.82 Å². The number of aromatic nitrogens is 1. The molecule has 0 spiro atoms.